The number of nitrogens with one attached hydrogen (secondary N) is 1. The maximum absolute atomic E-state index is 4.59. The summed E-state index contributed by atoms with van der Waals surface area (Å²) in [6, 6.07) is 0. The number of H-pyrrole nitrogens is 1. The van der Waals surface area contributed by atoms with E-state index in [0.717, 1.165) is 40.9 Å². The van der Waals surface area contributed by atoms with Crippen LogP contribution in [-0.4, -0.2) is 9.97 Å². The molecule has 6 fully saturated rings. The second kappa shape index (κ2) is 1.72. The van der Waals surface area contributed by atoms with E-state index in [2.05, 4.69) is 30.7 Å². The minimum Gasteiger partial charge on any atom is -0.348 e. The van der Waals surface area contributed by atoms with Crippen LogP contribution in [0.3, 0.4) is 0 Å². The SMILES string of the molecule is CC(C)(C)C12C3C4C1C1C2C3C41c1ncc[nH]1. The Morgan fingerprint density at radius 1 is 1.06 bits per heavy atom. The molecule has 17 heavy (non-hydrogen) atoms. The molecule has 6 aliphatic rings. The number of rotatable bonds is 1. The van der Waals surface area contributed by atoms with Crippen LogP contribution in [0.1, 0.15) is 26.6 Å². The first-order valence-corrected chi connectivity index (χ1v) is 7.09. The number of aromatic amines is 1. The molecule has 6 aliphatic carbocycles. The zero-order chi connectivity index (χ0) is 11.4. The highest BCUT2D eigenvalue weighted by Gasteiger charge is 3.11. The first-order chi connectivity index (χ1) is 8.09. The van der Waals surface area contributed by atoms with Crippen LogP contribution in [0.4, 0.5) is 0 Å². The fraction of sp³-hybridized carbons (Fsp3) is 0.800. The van der Waals surface area contributed by atoms with Gasteiger partial charge in [-0.1, -0.05) is 20.8 Å². The second-order valence-electron chi connectivity index (χ2n) is 8.21. The third-order valence-corrected chi connectivity index (χ3v) is 7.84. The largest absolute Gasteiger partial charge is 0.348 e. The molecule has 0 atom stereocenters. The summed E-state index contributed by atoms with van der Waals surface area (Å²) in [7, 11) is 0. The van der Waals surface area contributed by atoms with Gasteiger partial charge >= 0.3 is 0 Å². The predicted octanol–water partition coefficient (Wildman–Crippen LogP) is 2.45. The minimum atomic E-state index is 0.548. The lowest BCUT2D eigenvalue weighted by Gasteiger charge is -3.13. The van der Waals surface area contributed by atoms with Gasteiger partial charge in [-0.3, -0.25) is 0 Å². The van der Waals surface area contributed by atoms with Crippen molar-refractivity contribution in [1.29, 1.82) is 0 Å². The quantitative estimate of drug-likeness (QED) is 0.783. The number of aromatic nitrogens is 2. The lowest BCUT2D eigenvalue weighted by atomic mass is 8.90. The van der Waals surface area contributed by atoms with Crippen molar-refractivity contribution in [3.8, 4) is 0 Å². The first kappa shape index (κ1) is 8.34. The van der Waals surface area contributed by atoms with Crippen LogP contribution in [0.5, 0.6) is 0 Å². The van der Waals surface area contributed by atoms with E-state index in [0.29, 0.717) is 10.8 Å². The summed E-state index contributed by atoms with van der Waals surface area (Å²) in [6.07, 6.45) is 3.95. The maximum atomic E-state index is 4.59. The lowest BCUT2D eigenvalue weighted by molar-refractivity contribution is -0.648. The van der Waals surface area contributed by atoms with E-state index >= 15 is 0 Å². The van der Waals surface area contributed by atoms with E-state index in [4.69, 9.17) is 0 Å². The van der Waals surface area contributed by atoms with Gasteiger partial charge in [0.2, 0.25) is 0 Å². The fourth-order valence-corrected chi connectivity index (χ4v) is 8.00. The average molecular weight is 226 g/mol. The summed E-state index contributed by atoms with van der Waals surface area (Å²) in [6.45, 7) is 7.44. The summed E-state index contributed by atoms with van der Waals surface area (Å²) in [5, 5.41) is 0. The number of imidazole rings is 1. The Labute approximate surface area is 101 Å². The van der Waals surface area contributed by atoms with Crippen LogP contribution in [0.2, 0.25) is 0 Å². The molecule has 0 radical (unpaired) electrons. The summed E-state index contributed by atoms with van der Waals surface area (Å²) in [5.74, 6) is 7.63. The molecule has 0 unspecified atom stereocenters. The fourth-order valence-electron chi connectivity index (χ4n) is 8.00. The Kier molecular flexibility index (Phi) is 0.845. The summed E-state index contributed by atoms with van der Waals surface area (Å²) in [4.78, 5) is 8.00. The summed E-state index contributed by atoms with van der Waals surface area (Å²) < 4.78 is 0. The van der Waals surface area contributed by atoms with Gasteiger partial charge in [0.15, 0.2) is 0 Å². The molecule has 0 saturated heterocycles. The van der Waals surface area contributed by atoms with Gasteiger partial charge in [0.25, 0.3) is 0 Å². The molecule has 1 heterocycles. The highest BCUT2D eigenvalue weighted by molar-refractivity contribution is 5.61. The van der Waals surface area contributed by atoms with Crippen LogP contribution in [-0.2, 0) is 5.41 Å². The zero-order valence-electron chi connectivity index (χ0n) is 10.6. The Balaban J connectivity index is 1.49. The van der Waals surface area contributed by atoms with Gasteiger partial charge < -0.3 is 4.98 Å². The number of hydrogen-bond donors (Lipinski definition) is 1. The molecule has 7 rings (SSSR count). The van der Waals surface area contributed by atoms with E-state index < -0.39 is 0 Å². The normalized spacial score (nSPS) is 67.0. The molecule has 0 bridgehead atoms. The maximum Gasteiger partial charge on any atom is 0.113 e. The topological polar surface area (TPSA) is 28.7 Å². The highest BCUT2D eigenvalue weighted by atomic mass is 15.2. The molecule has 1 aromatic rings. The zero-order valence-corrected chi connectivity index (χ0v) is 10.6. The highest BCUT2D eigenvalue weighted by Crippen LogP contribution is 3.11. The van der Waals surface area contributed by atoms with E-state index in [1.807, 2.05) is 12.4 Å². The van der Waals surface area contributed by atoms with Gasteiger partial charge in [-0.2, -0.15) is 0 Å². The molecule has 6 saturated carbocycles. The van der Waals surface area contributed by atoms with Crippen molar-refractivity contribution in [2.75, 3.05) is 0 Å². The third kappa shape index (κ3) is 0.402. The minimum absolute atomic E-state index is 0.548. The Morgan fingerprint density at radius 2 is 1.65 bits per heavy atom. The molecule has 1 aromatic heterocycles. The predicted molar refractivity (Wildman–Crippen MR) is 63.1 cm³/mol. The van der Waals surface area contributed by atoms with Crippen molar-refractivity contribution in [3.63, 3.8) is 0 Å². The van der Waals surface area contributed by atoms with Gasteiger partial charge in [0.1, 0.15) is 5.82 Å². The van der Waals surface area contributed by atoms with Gasteiger partial charge in [0, 0.05) is 17.8 Å². The summed E-state index contributed by atoms with van der Waals surface area (Å²) in [5.41, 5.74) is 1.89. The summed E-state index contributed by atoms with van der Waals surface area (Å²) >= 11 is 0. The van der Waals surface area contributed by atoms with Crippen molar-refractivity contribution in [1.82, 2.24) is 9.97 Å². The van der Waals surface area contributed by atoms with E-state index in [-0.39, 0.29) is 0 Å². The van der Waals surface area contributed by atoms with Crippen molar-refractivity contribution in [3.05, 3.63) is 18.2 Å². The molecule has 0 aromatic carbocycles. The number of hydrogen-bond acceptors (Lipinski definition) is 1. The Bertz CT molecular complexity index is 509. The van der Waals surface area contributed by atoms with Crippen LogP contribution in [0.15, 0.2) is 12.4 Å². The smallest absolute Gasteiger partial charge is 0.113 e. The molecule has 2 nitrogen and oxygen atoms in total. The molecule has 2 heteroatoms. The molecule has 88 valence electrons. The van der Waals surface area contributed by atoms with Crippen molar-refractivity contribution in [2.24, 2.45) is 46.3 Å². The van der Waals surface area contributed by atoms with E-state index in [1.54, 1.807) is 0 Å². The van der Waals surface area contributed by atoms with Crippen LogP contribution >= 0.6 is 0 Å². The molecular formula is C15H18N2. The van der Waals surface area contributed by atoms with Crippen molar-refractivity contribution in [2.45, 2.75) is 26.2 Å². The van der Waals surface area contributed by atoms with Crippen LogP contribution < -0.4 is 0 Å². The van der Waals surface area contributed by atoms with Gasteiger partial charge in [-0.05, 0) is 46.3 Å². The van der Waals surface area contributed by atoms with Crippen LogP contribution in [0, 0.1) is 46.3 Å². The Morgan fingerprint density at radius 3 is 2.06 bits per heavy atom. The molecule has 0 aliphatic heterocycles. The van der Waals surface area contributed by atoms with E-state index in [1.165, 1.54) is 5.82 Å². The van der Waals surface area contributed by atoms with Crippen molar-refractivity contribution >= 4 is 0 Å². The Hall–Kier alpha value is -0.790. The van der Waals surface area contributed by atoms with Gasteiger partial charge in [-0.25, -0.2) is 4.98 Å². The number of nitrogens with zero attached hydrogens (tertiary/aromatic N) is 1. The van der Waals surface area contributed by atoms with Crippen LogP contribution in [0.25, 0.3) is 0 Å². The molecule has 0 amide bonds. The van der Waals surface area contributed by atoms with Gasteiger partial charge in [0.05, 0.1) is 0 Å². The third-order valence-electron chi connectivity index (χ3n) is 7.84. The average Bonchev–Trinajstić information content (AvgIpc) is 2.80. The van der Waals surface area contributed by atoms with Crippen molar-refractivity contribution < 1.29 is 0 Å². The first-order valence-electron chi connectivity index (χ1n) is 7.09. The second-order valence-corrected chi connectivity index (χ2v) is 8.21. The molecular weight excluding hydrogens is 208 g/mol. The molecule has 1 N–H and O–H groups in total. The van der Waals surface area contributed by atoms with E-state index in [9.17, 15) is 0 Å². The standard InChI is InChI=1S/C15H18N2/c1-13(2,3)15-9-6-10(15)8-11(15)7(9)14(6,8)12-16-4-5-17-12/h4-11H,1-3H3,(H,16,17). The lowest BCUT2D eigenvalue weighted by Crippen LogP contribution is -3.12. The van der Waals surface area contributed by atoms with Gasteiger partial charge in [-0.15, -0.1) is 0 Å². The molecule has 0 spiro atoms. The monoisotopic (exact) mass is 226 g/mol.